The molecule has 0 atom stereocenters. The molecule has 1 fully saturated rings. The number of nitrogens with two attached hydrogens (primary N) is 1. The molecule has 1 aliphatic rings. The maximum absolute atomic E-state index is 12.1. The Morgan fingerprint density at radius 2 is 1.68 bits per heavy atom. The highest BCUT2D eigenvalue weighted by atomic mass is 35.5. The zero-order valence-electron chi connectivity index (χ0n) is 13.9. The third kappa shape index (κ3) is 7.69. The quantitative estimate of drug-likeness (QED) is 0.746. The Kier molecular flexibility index (Phi) is 11.6. The minimum Gasteiger partial charge on any atom is -0.368 e. The van der Waals surface area contributed by atoms with E-state index in [1.165, 1.54) is 0 Å². The summed E-state index contributed by atoms with van der Waals surface area (Å²) in [4.78, 5) is 27.6. The van der Waals surface area contributed by atoms with Crippen molar-refractivity contribution in [1.82, 2.24) is 10.2 Å². The zero-order valence-corrected chi connectivity index (χ0v) is 16.3. The predicted octanol–water partition coefficient (Wildman–Crippen LogP) is 1.69. The zero-order chi connectivity index (χ0) is 16.7. The van der Waals surface area contributed by atoms with E-state index >= 15 is 0 Å². The molecule has 3 N–H and O–H groups in total. The standard InChI is InChI=1S/C16H23ClN4O2.2ClH/c17-13-3-5-14(6-4-13)20-8-10-21(11-9-20)16(23)12-19-15(22)2-1-7-18;;/h3-6H,1-2,7-12,18H2,(H,19,22);2*1H. The molecule has 0 spiro atoms. The molecule has 2 amide bonds. The number of carbonyl (C=O) groups excluding carboxylic acids is 2. The van der Waals surface area contributed by atoms with Crippen LogP contribution in [0.25, 0.3) is 0 Å². The van der Waals surface area contributed by atoms with E-state index in [2.05, 4.69) is 10.2 Å². The minimum absolute atomic E-state index is 0. The molecule has 0 aromatic heterocycles. The van der Waals surface area contributed by atoms with Crippen LogP contribution in [0.15, 0.2) is 24.3 Å². The van der Waals surface area contributed by atoms with Crippen molar-refractivity contribution in [2.45, 2.75) is 12.8 Å². The van der Waals surface area contributed by atoms with Gasteiger partial charge in [0, 0.05) is 43.3 Å². The number of anilines is 1. The fourth-order valence-corrected chi connectivity index (χ4v) is 2.63. The number of benzene rings is 1. The number of hydrogen-bond acceptors (Lipinski definition) is 4. The Bertz CT molecular complexity index is 535. The van der Waals surface area contributed by atoms with Crippen molar-refractivity contribution in [2.75, 3.05) is 44.2 Å². The number of nitrogens with zero attached hydrogens (tertiary/aromatic N) is 2. The second-order valence-electron chi connectivity index (χ2n) is 5.51. The van der Waals surface area contributed by atoms with Gasteiger partial charge in [-0.15, -0.1) is 24.8 Å². The van der Waals surface area contributed by atoms with Gasteiger partial charge < -0.3 is 20.9 Å². The molecule has 0 radical (unpaired) electrons. The topological polar surface area (TPSA) is 78.7 Å². The molecule has 1 aromatic rings. The first-order chi connectivity index (χ1) is 11.1. The minimum atomic E-state index is -0.122. The highest BCUT2D eigenvalue weighted by molar-refractivity contribution is 6.30. The molecule has 0 aliphatic carbocycles. The Morgan fingerprint density at radius 3 is 2.24 bits per heavy atom. The fraction of sp³-hybridized carbons (Fsp3) is 0.500. The van der Waals surface area contributed by atoms with Crippen LogP contribution >= 0.6 is 36.4 Å². The van der Waals surface area contributed by atoms with Gasteiger partial charge in [0.2, 0.25) is 11.8 Å². The maximum atomic E-state index is 12.1. The molecule has 0 unspecified atom stereocenters. The average molecular weight is 412 g/mol. The van der Waals surface area contributed by atoms with Gasteiger partial charge >= 0.3 is 0 Å². The normalized spacial score (nSPS) is 13.5. The third-order valence-corrected chi connectivity index (χ3v) is 4.12. The summed E-state index contributed by atoms with van der Waals surface area (Å²) in [6.07, 6.45) is 1.01. The number of rotatable bonds is 6. The van der Waals surface area contributed by atoms with Gasteiger partial charge in [-0.25, -0.2) is 0 Å². The van der Waals surface area contributed by atoms with Gasteiger partial charge in [-0.05, 0) is 37.2 Å². The van der Waals surface area contributed by atoms with E-state index in [9.17, 15) is 9.59 Å². The molecule has 6 nitrogen and oxygen atoms in total. The second kappa shape index (κ2) is 12.2. The number of hydrogen-bond donors (Lipinski definition) is 2. The predicted molar refractivity (Wildman–Crippen MR) is 106 cm³/mol. The summed E-state index contributed by atoms with van der Waals surface area (Å²) >= 11 is 5.89. The van der Waals surface area contributed by atoms with E-state index in [0.717, 1.165) is 18.8 Å². The Labute approximate surface area is 165 Å². The lowest BCUT2D eigenvalue weighted by molar-refractivity contribution is -0.133. The molecular weight excluding hydrogens is 387 g/mol. The number of amides is 2. The summed E-state index contributed by atoms with van der Waals surface area (Å²) in [5, 5.41) is 3.37. The summed E-state index contributed by atoms with van der Waals surface area (Å²) in [6, 6.07) is 7.70. The first-order valence-electron chi connectivity index (χ1n) is 7.85. The van der Waals surface area contributed by atoms with Gasteiger partial charge in [-0.1, -0.05) is 11.6 Å². The largest absolute Gasteiger partial charge is 0.368 e. The van der Waals surface area contributed by atoms with Crippen LogP contribution in [0.3, 0.4) is 0 Å². The van der Waals surface area contributed by atoms with Crippen molar-refractivity contribution in [1.29, 1.82) is 0 Å². The highest BCUT2D eigenvalue weighted by Crippen LogP contribution is 2.19. The molecule has 1 aromatic carbocycles. The average Bonchev–Trinajstić information content (AvgIpc) is 2.58. The molecular formula is C16H25Cl3N4O2. The van der Waals surface area contributed by atoms with E-state index in [4.69, 9.17) is 17.3 Å². The molecule has 1 aliphatic heterocycles. The molecule has 0 saturated carbocycles. The summed E-state index contributed by atoms with van der Waals surface area (Å²) in [5.41, 5.74) is 6.46. The second-order valence-corrected chi connectivity index (χ2v) is 5.95. The van der Waals surface area contributed by atoms with Crippen LogP contribution in [0.2, 0.25) is 5.02 Å². The van der Waals surface area contributed by atoms with Crippen LogP contribution < -0.4 is 16.0 Å². The van der Waals surface area contributed by atoms with Gasteiger partial charge in [0.25, 0.3) is 0 Å². The van der Waals surface area contributed by atoms with Crippen molar-refractivity contribution in [3.8, 4) is 0 Å². The van der Waals surface area contributed by atoms with E-state index in [0.29, 0.717) is 37.5 Å². The van der Waals surface area contributed by atoms with E-state index in [-0.39, 0.29) is 43.2 Å². The molecule has 25 heavy (non-hydrogen) atoms. The number of halogens is 3. The van der Waals surface area contributed by atoms with Crippen LogP contribution in [-0.4, -0.2) is 56.0 Å². The lowest BCUT2D eigenvalue weighted by Crippen LogP contribution is -2.51. The van der Waals surface area contributed by atoms with Crippen LogP contribution in [0.5, 0.6) is 0 Å². The van der Waals surface area contributed by atoms with E-state index in [1.54, 1.807) is 4.90 Å². The van der Waals surface area contributed by atoms with Crippen molar-refractivity contribution >= 4 is 53.9 Å². The van der Waals surface area contributed by atoms with Crippen molar-refractivity contribution in [3.05, 3.63) is 29.3 Å². The highest BCUT2D eigenvalue weighted by Gasteiger charge is 2.21. The third-order valence-electron chi connectivity index (χ3n) is 3.87. The van der Waals surface area contributed by atoms with Gasteiger partial charge in [0.15, 0.2) is 0 Å². The van der Waals surface area contributed by atoms with Gasteiger partial charge in [0.05, 0.1) is 6.54 Å². The van der Waals surface area contributed by atoms with Crippen molar-refractivity contribution in [2.24, 2.45) is 5.73 Å². The molecule has 2 rings (SSSR count). The monoisotopic (exact) mass is 410 g/mol. The fourth-order valence-electron chi connectivity index (χ4n) is 2.50. The summed E-state index contributed by atoms with van der Waals surface area (Å²) < 4.78 is 0. The van der Waals surface area contributed by atoms with Crippen LogP contribution in [0.4, 0.5) is 5.69 Å². The van der Waals surface area contributed by atoms with Crippen LogP contribution in [0.1, 0.15) is 12.8 Å². The summed E-state index contributed by atoms with van der Waals surface area (Å²) in [7, 11) is 0. The summed E-state index contributed by atoms with van der Waals surface area (Å²) in [5.74, 6) is -0.162. The van der Waals surface area contributed by atoms with E-state index < -0.39 is 0 Å². The lowest BCUT2D eigenvalue weighted by atomic mass is 10.2. The molecule has 142 valence electrons. The maximum Gasteiger partial charge on any atom is 0.242 e. The Hall–Kier alpha value is -1.21. The summed E-state index contributed by atoms with van der Waals surface area (Å²) in [6.45, 7) is 3.39. The molecule has 1 saturated heterocycles. The first-order valence-corrected chi connectivity index (χ1v) is 8.23. The molecule has 1 heterocycles. The number of carbonyl (C=O) groups is 2. The van der Waals surface area contributed by atoms with Crippen LogP contribution in [0, 0.1) is 0 Å². The smallest absolute Gasteiger partial charge is 0.242 e. The van der Waals surface area contributed by atoms with Gasteiger partial charge in [-0.2, -0.15) is 0 Å². The van der Waals surface area contributed by atoms with E-state index in [1.807, 2.05) is 24.3 Å². The lowest BCUT2D eigenvalue weighted by Gasteiger charge is -2.36. The molecule has 9 heteroatoms. The van der Waals surface area contributed by atoms with Gasteiger partial charge in [-0.3, -0.25) is 9.59 Å². The van der Waals surface area contributed by atoms with Crippen molar-refractivity contribution < 1.29 is 9.59 Å². The van der Waals surface area contributed by atoms with Gasteiger partial charge in [0.1, 0.15) is 0 Å². The number of piperazine rings is 1. The Balaban J connectivity index is 0.00000288. The number of nitrogens with one attached hydrogen (secondary N) is 1. The first kappa shape index (κ1) is 23.8. The Morgan fingerprint density at radius 1 is 1.08 bits per heavy atom. The van der Waals surface area contributed by atoms with Crippen LogP contribution in [-0.2, 0) is 9.59 Å². The SMILES string of the molecule is Cl.Cl.NCCCC(=O)NCC(=O)N1CCN(c2ccc(Cl)cc2)CC1. The van der Waals surface area contributed by atoms with Crippen molar-refractivity contribution in [3.63, 3.8) is 0 Å². The molecule has 0 bridgehead atoms.